The van der Waals surface area contributed by atoms with E-state index >= 15 is 4.79 Å². The van der Waals surface area contributed by atoms with Gasteiger partial charge in [-0.1, -0.05) is 86.2 Å². The monoisotopic (exact) mass is 795 g/mol. The molecule has 12 atom stereocenters. The molecule has 0 spiro atoms. The minimum absolute atomic E-state index is 0.0639. The molecule has 1 heterocycles. The van der Waals surface area contributed by atoms with E-state index in [0.717, 1.165) is 0 Å². The first-order valence-corrected chi connectivity index (χ1v) is 19.6. The van der Waals surface area contributed by atoms with Crippen LogP contribution in [-0.2, 0) is 33.3 Å². The Bertz CT molecular complexity index is 2110. The van der Waals surface area contributed by atoms with Crippen LogP contribution >= 0.6 is 0 Å². The molecule has 3 aromatic carbocycles. The average Bonchev–Trinajstić information content (AvgIpc) is 3.21. The lowest BCUT2D eigenvalue weighted by Crippen LogP contribution is -2.80. The number of hydrogen-bond acceptors (Lipinski definition) is 12. The first kappa shape index (κ1) is 41.0. The number of esters is 3. The van der Waals surface area contributed by atoms with Crippen molar-refractivity contribution in [2.45, 2.75) is 95.2 Å². The van der Waals surface area contributed by atoms with Crippen LogP contribution in [0.3, 0.4) is 0 Å². The zero-order valence-corrected chi connectivity index (χ0v) is 33.0. The molecule has 1 aliphatic heterocycles. The van der Waals surface area contributed by atoms with Crippen LogP contribution in [0.15, 0.2) is 102 Å². The van der Waals surface area contributed by atoms with Gasteiger partial charge in [0, 0.05) is 37.2 Å². The number of ether oxygens (including phenoxy) is 4. The Kier molecular flexibility index (Phi) is 11.0. The number of carbonyl (C=O) groups is 5. The van der Waals surface area contributed by atoms with Gasteiger partial charge in [0.05, 0.1) is 35.6 Å². The lowest BCUT2D eigenvalue weighted by Gasteiger charge is -2.66. The summed E-state index contributed by atoms with van der Waals surface area (Å²) in [7, 11) is 0. The van der Waals surface area contributed by atoms with E-state index in [2.05, 4.69) is 5.32 Å². The lowest BCUT2D eigenvalue weighted by molar-refractivity contribution is -0.342. The van der Waals surface area contributed by atoms with Gasteiger partial charge in [-0.25, -0.2) is 9.59 Å². The zero-order valence-electron chi connectivity index (χ0n) is 33.0. The maximum atomic E-state index is 15.1. The summed E-state index contributed by atoms with van der Waals surface area (Å²) in [6.45, 7) is 7.58. The maximum absolute atomic E-state index is 15.1. The van der Waals surface area contributed by atoms with Crippen LogP contribution in [0.1, 0.15) is 79.8 Å². The number of Topliss-reactive ketones (excluding diaryl/α,β-unsaturated/α-hetero) is 1. The van der Waals surface area contributed by atoms with Gasteiger partial charge in [0.2, 0.25) is 0 Å². The summed E-state index contributed by atoms with van der Waals surface area (Å²) in [5.41, 5.74) is -3.76. The predicted molar refractivity (Wildman–Crippen MR) is 207 cm³/mol. The molecule has 4 N–H and O–H groups in total. The fourth-order valence-electron chi connectivity index (χ4n) is 10.0. The molecule has 4 aliphatic rings. The normalized spacial score (nSPS) is 33.7. The van der Waals surface area contributed by atoms with Crippen molar-refractivity contribution in [3.8, 4) is 0 Å². The van der Waals surface area contributed by atoms with Gasteiger partial charge in [-0.3, -0.25) is 14.4 Å². The van der Waals surface area contributed by atoms with Crippen LogP contribution in [0.5, 0.6) is 0 Å². The number of benzene rings is 3. The summed E-state index contributed by atoms with van der Waals surface area (Å²) in [5, 5.41) is 39.7. The number of aliphatic hydroxyl groups is 3. The van der Waals surface area contributed by atoms with Crippen LogP contribution in [-0.4, -0.2) is 93.2 Å². The summed E-state index contributed by atoms with van der Waals surface area (Å²) in [6, 6.07) is 23.5. The highest BCUT2D eigenvalue weighted by Crippen LogP contribution is 2.62. The molecule has 2 saturated carbocycles. The molecule has 1 saturated heterocycles. The number of ketones is 1. The Balaban J connectivity index is 1.32. The summed E-state index contributed by atoms with van der Waals surface area (Å²) >= 11 is 0. The zero-order chi connectivity index (χ0) is 41.7. The Hall–Kier alpha value is -5.21. The van der Waals surface area contributed by atoms with Crippen LogP contribution < -0.4 is 5.32 Å². The van der Waals surface area contributed by atoms with Gasteiger partial charge in [-0.05, 0) is 49.2 Å². The van der Waals surface area contributed by atoms with Crippen molar-refractivity contribution in [2.24, 2.45) is 23.2 Å². The molecule has 13 nitrogen and oxygen atoms in total. The summed E-state index contributed by atoms with van der Waals surface area (Å²) in [4.78, 5) is 69.5. The SMILES string of the molecule is CC(=O)O[C@@]12CO[C@@H]1C[C@H](O)[C@@]1(C)C(=O)[C@H](C)C3=C(C)C(OC(=O)[C@H](O)[C@@H](NC(=O)c4ccccc4)c4ccccc4)C[C@@](O)(C(OC(=O)c4ccccc4)[C@H]21)[C@@H]3C. The van der Waals surface area contributed by atoms with Gasteiger partial charge in [0.15, 0.2) is 11.7 Å². The van der Waals surface area contributed by atoms with Crippen molar-refractivity contribution in [1.29, 1.82) is 0 Å². The van der Waals surface area contributed by atoms with Crippen molar-refractivity contribution >= 4 is 29.6 Å². The molecule has 0 radical (unpaired) electrons. The van der Waals surface area contributed by atoms with Crippen molar-refractivity contribution in [2.75, 3.05) is 6.61 Å². The highest BCUT2D eigenvalue weighted by atomic mass is 16.6. The minimum atomic E-state index is -2.12. The van der Waals surface area contributed by atoms with Crippen molar-refractivity contribution < 1.29 is 58.2 Å². The third-order valence-corrected chi connectivity index (χ3v) is 13.1. The predicted octanol–water partition coefficient (Wildman–Crippen LogP) is 4.05. The van der Waals surface area contributed by atoms with Gasteiger partial charge in [0.1, 0.15) is 29.7 Å². The molecule has 306 valence electrons. The first-order valence-electron chi connectivity index (χ1n) is 19.6. The van der Waals surface area contributed by atoms with E-state index in [9.17, 15) is 34.5 Å². The van der Waals surface area contributed by atoms with Crippen molar-refractivity contribution in [3.63, 3.8) is 0 Å². The number of nitrogens with one attached hydrogen (secondary N) is 1. The largest absolute Gasteiger partial charge is 0.456 e. The molecule has 1 amide bonds. The van der Waals surface area contributed by atoms with Crippen molar-refractivity contribution in [1.82, 2.24) is 5.32 Å². The third kappa shape index (κ3) is 6.73. The molecule has 2 bridgehead atoms. The maximum Gasteiger partial charge on any atom is 0.338 e. The Morgan fingerprint density at radius 2 is 1.48 bits per heavy atom. The lowest BCUT2D eigenvalue weighted by atomic mass is 9.46. The number of aliphatic hydroxyl groups excluding tert-OH is 2. The van der Waals surface area contributed by atoms with Crippen LogP contribution in [0.2, 0.25) is 0 Å². The Morgan fingerprint density at radius 1 is 0.897 bits per heavy atom. The van der Waals surface area contributed by atoms with E-state index in [1.54, 1.807) is 107 Å². The molecule has 3 aromatic rings. The van der Waals surface area contributed by atoms with Crippen molar-refractivity contribution in [3.05, 3.63) is 119 Å². The second-order valence-electron chi connectivity index (χ2n) is 16.3. The van der Waals surface area contributed by atoms with E-state index in [0.29, 0.717) is 22.3 Å². The second kappa shape index (κ2) is 15.5. The molecule has 0 aromatic heterocycles. The van der Waals surface area contributed by atoms with E-state index < -0.39 is 101 Å². The van der Waals surface area contributed by atoms with Gasteiger partial charge < -0.3 is 39.6 Å². The molecule has 2 unspecified atom stereocenters. The quantitative estimate of drug-likeness (QED) is 0.138. The number of amides is 1. The van der Waals surface area contributed by atoms with E-state index in [1.807, 2.05) is 0 Å². The molecule has 58 heavy (non-hydrogen) atoms. The molecule has 13 heteroatoms. The molecular weight excluding hydrogens is 746 g/mol. The van der Waals surface area contributed by atoms with Crippen LogP contribution in [0, 0.1) is 23.2 Å². The van der Waals surface area contributed by atoms with Gasteiger partial charge in [0.25, 0.3) is 5.91 Å². The Morgan fingerprint density at radius 3 is 2.05 bits per heavy atom. The van der Waals surface area contributed by atoms with Gasteiger partial charge in [-0.15, -0.1) is 0 Å². The second-order valence-corrected chi connectivity index (χ2v) is 16.3. The molecular formula is C45H49NO12. The smallest absolute Gasteiger partial charge is 0.338 e. The number of hydrogen-bond donors (Lipinski definition) is 4. The van der Waals surface area contributed by atoms with Crippen LogP contribution in [0.25, 0.3) is 0 Å². The number of fused-ring (bicyclic) bond motifs is 5. The van der Waals surface area contributed by atoms with Crippen LogP contribution in [0.4, 0.5) is 0 Å². The Labute approximate surface area is 336 Å². The van der Waals surface area contributed by atoms with Gasteiger partial charge >= 0.3 is 17.9 Å². The van der Waals surface area contributed by atoms with E-state index in [4.69, 9.17) is 18.9 Å². The summed E-state index contributed by atoms with van der Waals surface area (Å²) in [5.74, 6) is -6.88. The fourth-order valence-corrected chi connectivity index (χ4v) is 10.0. The molecule has 3 aliphatic carbocycles. The number of carbonyl (C=O) groups excluding carboxylic acids is 5. The molecule has 3 fully saturated rings. The summed E-state index contributed by atoms with van der Waals surface area (Å²) < 4.78 is 24.4. The van der Waals surface area contributed by atoms with E-state index in [-0.39, 0.29) is 25.0 Å². The average molecular weight is 796 g/mol. The fraction of sp³-hybridized carbons (Fsp3) is 0.444. The first-order chi connectivity index (χ1) is 27.5. The van der Waals surface area contributed by atoms with Gasteiger partial charge in [-0.2, -0.15) is 0 Å². The minimum Gasteiger partial charge on any atom is -0.456 e. The molecule has 7 rings (SSSR count). The third-order valence-electron chi connectivity index (χ3n) is 13.1. The standard InChI is InChI=1S/C45H49NO12/c1-24-31(56-42(53)36(49)35(28-15-9-6-10-16-28)46-40(51)29-17-11-7-12-18-29)22-44(54)26(3)34(24)25(2)38(50)43(5)32(48)21-33-45(23-55-33,58-27(4)47)37(43)39(44)57-41(52)30-19-13-8-14-20-30/h6-20,25-26,31-33,35-37,39,48-49,54H,21-23H2,1-5H3,(H,46,51)/t25-,26-,31?,32+,33-,35+,36-,37+,39?,43-,44+,45+/m1/s1. The summed E-state index contributed by atoms with van der Waals surface area (Å²) in [6.07, 6.45) is -7.55. The van der Waals surface area contributed by atoms with E-state index in [1.165, 1.54) is 19.1 Å². The highest BCUT2D eigenvalue weighted by Gasteiger charge is 2.76. The highest BCUT2D eigenvalue weighted by molar-refractivity contribution is 5.95. The number of rotatable bonds is 9. The topological polar surface area (TPSA) is 195 Å².